The maximum Gasteiger partial charge on any atom is 0.374 e. The van der Waals surface area contributed by atoms with Gasteiger partial charge in [-0.2, -0.15) is 5.10 Å². The topological polar surface area (TPSA) is 95.6 Å². The van der Waals surface area contributed by atoms with Crippen molar-refractivity contribution < 1.29 is 23.5 Å². The highest BCUT2D eigenvalue weighted by atomic mass is 16.5. The molecule has 2 aromatic rings. The van der Waals surface area contributed by atoms with Gasteiger partial charge in [-0.15, -0.1) is 0 Å². The molecule has 0 aliphatic carbocycles. The molecule has 0 saturated carbocycles. The van der Waals surface area contributed by atoms with Gasteiger partial charge in [-0.25, -0.2) is 4.79 Å². The zero-order valence-electron chi connectivity index (χ0n) is 17.7. The molecule has 0 bridgehead atoms. The van der Waals surface area contributed by atoms with Gasteiger partial charge < -0.3 is 19.2 Å². The van der Waals surface area contributed by atoms with Gasteiger partial charge in [0.15, 0.2) is 0 Å². The monoisotopic (exact) mass is 415 g/mol. The number of esters is 1. The first-order valence-corrected chi connectivity index (χ1v) is 10.7. The average Bonchev–Trinajstić information content (AvgIpc) is 3.30. The normalized spacial score (nSPS) is 18.0. The van der Waals surface area contributed by atoms with Crippen LogP contribution in [0.1, 0.15) is 64.1 Å². The fourth-order valence-corrected chi connectivity index (χ4v) is 4.35. The molecule has 0 atom stereocenters. The van der Waals surface area contributed by atoms with Gasteiger partial charge in [0.1, 0.15) is 0 Å². The SMILES string of the molecule is CCc1nn(CCCOC(=O)c2cc(C)co2)c2c1C(=O)NCC1(CCOCC1)C2. The molecule has 2 aromatic heterocycles. The Balaban J connectivity index is 1.46. The summed E-state index contributed by atoms with van der Waals surface area (Å²) in [5.41, 5.74) is 3.45. The summed E-state index contributed by atoms with van der Waals surface area (Å²) >= 11 is 0. The Bertz CT molecular complexity index is 923. The fourth-order valence-electron chi connectivity index (χ4n) is 4.35. The highest BCUT2D eigenvalue weighted by Gasteiger charge is 2.39. The van der Waals surface area contributed by atoms with Crippen molar-refractivity contribution in [2.75, 3.05) is 26.4 Å². The lowest BCUT2D eigenvalue weighted by Gasteiger charge is -2.36. The van der Waals surface area contributed by atoms with E-state index in [1.807, 2.05) is 18.5 Å². The Kier molecular flexibility index (Phi) is 5.94. The van der Waals surface area contributed by atoms with Crippen LogP contribution in [0.25, 0.3) is 0 Å². The van der Waals surface area contributed by atoms with Crippen molar-refractivity contribution >= 4 is 11.9 Å². The van der Waals surface area contributed by atoms with Crippen LogP contribution >= 0.6 is 0 Å². The van der Waals surface area contributed by atoms with Crippen LogP contribution in [0.4, 0.5) is 0 Å². The van der Waals surface area contributed by atoms with E-state index in [9.17, 15) is 9.59 Å². The Morgan fingerprint density at radius 1 is 1.37 bits per heavy atom. The number of nitrogens with zero attached hydrogens (tertiary/aromatic N) is 2. The first-order valence-electron chi connectivity index (χ1n) is 10.7. The number of fused-ring (bicyclic) bond motifs is 1. The van der Waals surface area contributed by atoms with Crippen molar-refractivity contribution in [2.45, 2.75) is 52.5 Å². The molecular formula is C22H29N3O5. The number of hydrogen-bond acceptors (Lipinski definition) is 6. The molecular weight excluding hydrogens is 386 g/mol. The minimum atomic E-state index is -0.461. The number of carbonyl (C=O) groups is 2. The van der Waals surface area contributed by atoms with Crippen molar-refractivity contribution in [3.8, 4) is 0 Å². The molecule has 0 radical (unpaired) electrons. The van der Waals surface area contributed by atoms with E-state index in [0.717, 1.165) is 55.0 Å². The van der Waals surface area contributed by atoms with Crippen LogP contribution in [0.15, 0.2) is 16.7 Å². The minimum Gasteiger partial charge on any atom is -0.460 e. The summed E-state index contributed by atoms with van der Waals surface area (Å²) < 4.78 is 18.0. The number of ether oxygens (including phenoxy) is 2. The van der Waals surface area contributed by atoms with Crippen LogP contribution in [-0.2, 0) is 28.9 Å². The first-order chi connectivity index (χ1) is 14.5. The highest BCUT2D eigenvalue weighted by molar-refractivity contribution is 5.97. The molecule has 30 heavy (non-hydrogen) atoms. The summed E-state index contributed by atoms with van der Waals surface area (Å²) in [4.78, 5) is 24.9. The number of nitrogens with one attached hydrogen (secondary N) is 1. The fraction of sp³-hybridized carbons (Fsp3) is 0.591. The third-order valence-corrected chi connectivity index (χ3v) is 6.09. The summed E-state index contributed by atoms with van der Waals surface area (Å²) in [7, 11) is 0. The van der Waals surface area contributed by atoms with Crippen molar-refractivity contribution in [3.05, 3.63) is 40.6 Å². The summed E-state index contributed by atoms with van der Waals surface area (Å²) in [6.45, 7) is 6.85. The van der Waals surface area contributed by atoms with Crippen LogP contribution in [0.5, 0.6) is 0 Å². The van der Waals surface area contributed by atoms with Gasteiger partial charge in [0.2, 0.25) is 5.76 Å². The molecule has 1 N–H and O–H groups in total. The number of furan rings is 1. The number of carbonyl (C=O) groups excluding carboxylic acids is 2. The second kappa shape index (κ2) is 8.63. The molecule has 1 amide bonds. The summed E-state index contributed by atoms with van der Waals surface area (Å²) in [6.07, 6.45) is 5.51. The number of rotatable bonds is 6. The Morgan fingerprint density at radius 2 is 2.17 bits per heavy atom. The van der Waals surface area contributed by atoms with E-state index in [0.29, 0.717) is 25.9 Å². The minimum absolute atomic E-state index is 0.0194. The Labute approximate surface area is 175 Å². The smallest absolute Gasteiger partial charge is 0.374 e. The molecule has 8 nitrogen and oxygen atoms in total. The van der Waals surface area contributed by atoms with Crippen molar-refractivity contribution in [3.63, 3.8) is 0 Å². The van der Waals surface area contributed by atoms with Gasteiger partial charge in [-0.05, 0) is 49.7 Å². The maximum atomic E-state index is 12.8. The van der Waals surface area contributed by atoms with Crippen LogP contribution < -0.4 is 5.32 Å². The second-order valence-electron chi connectivity index (χ2n) is 8.29. The van der Waals surface area contributed by atoms with Crippen LogP contribution in [-0.4, -0.2) is 48.0 Å². The van der Waals surface area contributed by atoms with Gasteiger partial charge in [-0.3, -0.25) is 9.48 Å². The van der Waals surface area contributed by atoms with E-state index in [1.165, 1.54) is 6.26 Å². The average molecular weight is 415 g/mol. The van der Waals surface area contributed by atoms with Crippen molar-refractivity contribution in [1.29, 1.82) is 0 Å². The lowest BCUT2D eigenvalue weighted by atomic mass is 9.76. The number of aryl methyl sites for hydroxylation is 3. The molecule has 2 aliphatic heterocycles. The number of aromatic nitrogens is 2. The standard InChI is InChI=1S/C22H29N3O5/c1-3-16-19-17(12-22(14-23-20(19)26)5-9-28-10-6-22)25(24-16)7-4-8-29-21(27)18-11-15(2)13-30-18/h11,13H,3-10,12,14H2,1-2H3,(H,23,26). The zero-order chi connectivity index (χ0) is 21.1. The molecule has 1 fully saturated rings. The van der Waals surface area contributed by atoms with Gasteiger partial charge in [-0.1, -0.05) is 6.92 Å². The van der Waals surface area contributed by atoms with E-state index in [4.69, 9.17) is 19.0 Å². The van der Waals surface area contributed by atoms with Gasteiger partial charge in [0.05, 0.1) is 29.8 Å². The predicted octanol–water partition coefficient (Wildman–Crippen LogP) is 2.68. The van der Waals surface area contributed by atoms with Crippen LogP contribution in [0.2, 0.25) is 0 Å². The van der Waals surface area contributed by atoms with Gasteiger partial charge >= 0.3 is 5.97 Å². The van der Waals surface area contributed by atoms with E-state index in [1.54, 1.807) is 6.07 Å². The van der Waals surface area contributed by atoms with Crippen LogP contribution in [0.3, 0.4) is 0 Å². The largest absolute Gasteiger partial charge is 0.460 e. The first kappa shape index (κ1) is 20.7. The van der Waals surface area contributed by atoms with E-state index in [-0.39, 0.29) is 23.7 Å². The molecule has 1 saturated heterocycles. The van der Waals surface area contributed by atoms with Gasteiger partial charge in [0.25, 0.3) is 5.91 Å². The molecule has 1 spiro atoms. The number of hydrogen-bond donors (Lipinski definition) is 1. The third kappa shape index (κ3) is 4.14. The van der Waals surface area contributed by atoms with E-state index < -0.39 is 5.97 Å². The van der Waals surface area contributed by atoms with Crippen LogP contribution in [0, 0.1) is 12.3 Å². The number of amides is 1. The summed E-state index contributed by atoms with van der Waals surface area (Å²) in [5.74, 6) is -0.278. The van der Waals surface area contributed by atoms with Crippen molar-refractivity contribution in [1.82, 2.24) is 15.1 Å². The lowest BCUT2D eigenvalue weighted by Crippen LogP contribution is -2.40. The summed E-state index contributed by atoms with van der Waals surface area (Å²) in [6, 6.07) is 1.66. The molecule has 8 heteroatoms. The molecule has 2 aliphatic rings. The van der Waals surface area contributed by atoms with E-state index in [2.05, 4.69) is 5.32 Å². The Morgan fingerprint density at radius 3 is 2.87 bits per heavy atom. The van der Waals surface area contributed by atoms with Crippen molar-refractivity contribution in [2.24, 2.45) is 5.41 Å². The van der Waals surface area contributed by atoms with Gasteiger partial charge in [0, 0.05) is 32.7 Å². The predicted molar refractivity (Wildman–Crippen MR) is 108 cm³/mol. The highest BCUT2D eigenvalue weighted by Crippen LogP contribution is 2.37. The maximum absolute atomic E-state index is 12.8. The quantitative estimate of drug-likeness (QED) is 0.576. The third-order valence-electron chi connectivity index (χ3n) is 6.09. The molecule has 4 heterocycles. The molecule has 0 aromatic carbocycles. The van der Waals surface area contributed by atoms with E-state index >= 15 is 0 Å². The second-order valence-corrected chi connectivity index (χ2v) is 8.29. The molecule has 162 valence electrons. The summed E-state index contributed by atoms with van der Waals surface area (Å²) in [5, 5.41) is 7.85. The molecule has 0 unspecified atom stereocenters. The lowest BCUT2D eigenvalue weighted by molar-refractivity contribution is 0.0152. The molecule has 4 rings (SSSR count). The Hall–Kier alpha value is -2.61. The zero-order valence-corrected chi connectivity index (χ0v) is 17.7.